The molecule has 7 heteroatoms. The van der Waals surface area contributed by atoms with Crippen LogP contribution >= 0.6 is 0 Å². The standard InChI is InChI=1S/C18H26N2O5/c1-3-25-17(22)13-20-16(21)7-5-4-6-12-19-18(23)14-8-10-15(24-2)11-9-14/h8-11H,3-7,12-13H2,1-2H3,(H,19,23)(H,20,21). The van der Waals surface area contributed by atoms with Crippen molar-refractivity contribution in [2.24, 2.45) is 0 Å². The first-order valence-electron chi connectivity index (χ1n) is 8.41. The number of rotatable bonds is 11. The quantitative estimate of drug-likeness (QED) is 0.468. The Hall–Kier alpha value is -2.57. The van der Waals surface area contributed by atoms with E-state index in [4.69, 9.17) is 9.47 Å². The number of carbonyl (C=O) groups is 3. The van der Waals surface area contributed by atoms with Crippen molar-refractivity contribution >= 4 is 17.8 Å². The van der Waals surface area contributed by atoms with Gasteiger partial charge in [0, 0.05) is 18.5 Å². The third-order valence-corrected chi connectivity index (χ3v) is 3.45. The zero-order valence-corrected chi connectivity index (χ0v) is 14.8. The summed E-state index contributed by atoms with van der Waals surface area (Å²) in [6.07, 6.45) is 2.65. The van der Waals surface area contributed by atoms with Crippen molar-refractivity contribution in [2.75, 3.05) is 26.8 Å². The SMILES string of the molecule is CCOC(=O)CNC(=O)CCCCCNC(=O)c1ccc(OC)cc1. The minimum Gasteiger partial charge on any atom is -0.497 e. The fourth-order valence-electron chi connectivity index (χ4n) is 2.10. The third kappa shape index (κ3) is 8.74. The molecule has 25 heavy (non-hydrogen) atoms. The fraction of sp³-hybridized carbons (Fsp3) is 0.500. The Morgan fingerprint density at radius 3 is 2.36 bits per heavy atom. The molecule has 1 rings (SSSR count). The van der Waals surface area contributed by atoms with E-state index in [2.05, 4.69) is 10.6 Å². The van der Waals surface area contributed by atoms with Crippen molar-refractivity contribution in [3.8, 4) is 5.75 Å². The summed E-state index contributed by atoms with van der Waals surface area (Å²) in [5, 5.41) is 5.35. The van der Waals surface area contributed by atoms with Crippen molar-refractivity contribution in [1.82, 2.24) is 10.6 Å². The Kier molecular flexibility index (Phi) is 9.74. The number of methoxy groups -OCH3 is 1. The maximum absolute atomic E-state index is 11.9. The van der Waals surface area contributed by atoms with Crippen molar-refractivity contribution in [3.63, 3.8) is 0 Å². The number of hydrogen-bond donors (Lipinski definition) is 2. The van der Waals surface area contributed by atoms with Gasteiger partial charge in [-0.25, -0.2) is 0 Å². The van der Waals surface area contributed by atoms with Crippen LogP contribution in [-0.2, 0) is 14.3 Å². The minimum atomic E-state index is -0.433. The Labute approximate surface area is 148 Å². The molecule has 0 bridgehead atoms. The van der Waals surface area contributed by atoms with Gasteiger partial charge in [-0.2, -0.15) is 0 Å². The summed E-state index contributed by atoms with van der Waals surface area (Å²) in [7, 11) is 1.58. The number of unbranched alkanes of at least 4 members (excludes halogenated alkanes) is 2. The summed E-state index contributed by atoms with van der Waals surface area (Å²) in [6.45, 7) is 2.48. The molecule has 7 nitrogen and oxygen atoms in total. The van der Waals surface area contributed by atoms with Gasteiger partial charge in [-0.3, -0.25) is 14.4 Å². The van der Waals surface area contributed by atoms with Crippen LogP contribution in [0.25, 0.3) is 0 Å². The molecular weight excluding hydrogens is 324 g/mol. The summed E-state index contributed by atoms with van der Waals surface area (Å²) in [5.74, 6) is -0.0277. The van der Waals surface area contributed by atoms with Gasteiger partial charge in [0.2, 0.25) is 5.91 Å². The number of benzene rings is 1. The van der Waals surface area contributed by atoms with E-state index >= 15 is 0 Å². The lowest BCUT2D eigenvalue weighted by atomic mass is 10.1. The van der Waals surface area contributed by atoms with Gasteiger partial charge < -0.3 is 20.1 Å². The molecule has 2 amide bonds. The predicted octanol–water partition coefficient (Wildman–Crippen LogP) is 1.66. The molecule has 0 aliphatic heterocycles. The van der Waals surface area contributed by atoms with Crippen LogP contribution in [0.4, 0.5) is 0 Å². The van der Waals surface area contributed by atoms with E-state index in [1.54, 1.807) is 38.3 Å². The zero-order valence-electron chi connectivity index (χ0n) is 14.8. The van der Waals surface area contributed by atoms with Crippen LogP contribution in [0.1, 0.15) is 43.0 Å². The lowest BCUT2D eigenvalue weighted by molar-refractivity contribution is -0.143. The second-order valence-electron chi connectivity index (χ2n) is 5.38. The molecule has 0 aliphatic rings. The van der Waals surface area contributed by atoms with Crippen LogP contribution in [0.3, 0.4) is 0 Å². The highest BCUT2D eigenvalue weighted by Gasteiger charge is 2.06. The highest BCUT2D eigenvalue weighted by molar-refractivity contribution is 5.94. The number of nitrogens with one attached hydrogen (secondary N) is 2. The van der Waals surface area contributed by atoms with Gasteiger partial charge in [-0.05, 0) is 44.0 Å². The van der Waals surface area contributed by atoms with E-state index in [1.807, 2.05) is 0 Å². The maximum Gasteiger partial charge on any atom is 0.325 e. The minimum absolute atomic E-state index is 0.0927. The van der Waals surface area contributed by atoms with Crippen LogP contribution in [0.15, 0.2) is 24.3 Å². The molecule has 0 atom stereocenters. The average Bonchev–Trinajstić information content (AvgIpc) is 2.63. The van der Waals surface area contributed by atoms with Crippen molar-refractivity contribution in [1.29, 1.82) is 0 Å². The van der Waals surface area contributed by atoms with Gasteiger partial charge in [0.05, 0.1) is 13.7 Å². The van der Waals surface area contributed by atoms with Crippen LogP contribution in [-0.4, -0.2) is 44.6 Å². The van der Waals surface area contributed by atoms with Crippen LogP contribution in [0.2, 0.25) is 0 Å². The number of hydrogen-bond acceptors (Lipinski definition) is 5. The molecule has 0 unspecified atom stereocenters. The monoisotopic (exact) mass is 350 g/mol. The highest BCUT2D eigenvalue weighted by Crippen LogP contribution is 2.11. The van der Waals surface area contributed by atoms with Crippen molar-refractivity contribution in [2.45, 2.75) is 32.6 Å². The Balaban J connectivity index is 2.08. The summed E-state index contributed by atoms with van der Waals surface area (Å²) in [4.78, 5) is 34.6. The number of ether oxygens (including phenoxy) is 2. The second-order valence-corrected chi connectivity index (χ2v) is 5.38. The Morgan fingerprint density at radius 2 is 1.72 bits per heavy atom. The molecule has 0 saturated carbocycles. The molecule has 0 saturated heterocycles. The maximum atomic E-state index is 11.9. The first kappa shape index (κ1) is 20.5. The van der Waals surface area contributed by atoms with E-state index < -0.39 is 5.97 Å². The lowest BCUT2D eigenvalue weighted by Crippen LogP contribution is -2.30. The number of carbonyl (C=O) groups excluding carboxylic acids is 3. The van der Waals surface area contributed by atoms with Crippen molar-refractivity contribution in [3.05, 3.63) is 29.8 Å². The highest BCUT2D eigenvalue weighted by atomic mass is 16.5. The molecule has 2 N–H and O–H groups in total. The summed E-state index contributed by atoms with van der Waals surface area (Å²) in [6, 6.07) is 6.90. The zero-order chi connectivity index (χ0) is 18.5. The molecular formula is C18H26N2O5. The molecule has 0 radical (unpaired) electrons. The molecule has 0 aliphatic carbocycles. The smallest absolute Gasteiger partial charge is 0.325 e. The van der Waals surface area contributed by atoms with Crippen molar-refractivity contribution < 1.29 is 23.9 Å². The van der Waals surface area contributed by atoms with E-state index in [0.29, 0.717) is 37.3 Å². The fourth-order valence-corrected chi connectivity index (χ4v) is 2.10. The largest absolute Gasteiger partial charge is 0.497 e. The van der Waals surface area contributed by atoms with Gasteiger partial charge in [0.1, 0.15) is 12.3 Å². The molecule has 0 aromatic heterocycles. The number of esters is 1. The van der Waals surface area contributed by atoms with E-state index in [9.17, 15) is 14.4 Å². The predicted molar refractivity (Wildman–Crippen MR) is 93.4 cm³/mol. The summed E-state index contributed by atoms with van der Waals surface area (Å²) in [5.41, 5.74) is 0.583. The molecule has 1 aromatic carbocycles. The second kappa shape index (κ2) is 11.9. The van der Waals surface area contributed by atoms with Gasteiger partial charge in [0.25, 0.3) is 5.91 Å². The van der Waals surface area contributed by atoms with Crippen LogP contribution in [0.5, 0.6) is 5.75 Å². The summed E-state index contributed by atoms with van der Waals surface area (Å²) < 4.78 is 9.77. The first-order valence-corrected chi connectivity index (χ1v) is 8.41. The topological polar surface area (TPSA) is 93.7 Å². The van der Waals surface area contributed by atoms with Crippen LogP contribution < -0.4 is 15.4 Å². The Morgan fingerprint density at radius 1 is 1.00 bits per heavy atom. The van der Waals surface area contributed by atoms with E-state index in [-0.39, 0.29) is 18.4 Å². The van der Waals surface area contributed by atoms with Gasteiger partial charge in [-0.1, -0.05) is 6.42 Å². The average molecular weight is 350 g/mol. The van der Waals surface area contributed by atoms with Gasteiger partial charge in [0.15, 0.2) is 0 Å². The molecule has 0 spiro atoms. The molecule has 1 aromatic rings. The Bertz CT molecular complexity index is 557. The molecule has 0 heterocycles. The van der Waals surface area contributed by atoms with Gasteiger partial charge in [-0.15, -0.1) is 0 Å². The third-order valence-electron chi connectivity index (χ3n) is 3.45. The normalized spacial score (nSPS) is 10.0. The summed E-state index contributed by atoms with van der Waals surface area (Å²) >= 11 is 0. The van der Waals surface area contributed by atoms with E-state index in [0.717, 1.165) is 12.8 Å². The van der Waals surface area contributed by atoms with Gasteiger partial charge >= 0.3 is 5.97 Å². The lowest BCUT2D eigenvalue weighted by Gasteiger charge is -2.07. The molecule has 138 valence electrons. The van der Waals surface area contributed by atoms with E-state index in [1.165, 1.54) is 0 Å². The first-order chi connectivity index (χ1) is 12.1. The van der Waals surface area contributed by atoms with Crippen LogP contribution in [0, 0.1) is 0 Å². The number of amides is 2. The molecule has 0 fully saturated rings.